The van der Waals surface area contributed by atoms with Crippen LogP contribution in [0, 0.1) is 17.8 Å². The Labute approximate surface area is 122 Å². The molecule has 3 aliphatic rings. The highest BCUT2D eigenvalue weighted by molar-refractivity contribution is 5.51. The van der Waals surface area contributed by atoms with Crippen LogP contribution in [0.3, 0.4) is 0 Å². The molecule has 0 fully saturated rings. The fourth-order valence-electron chi connectivity index (χ4n) is 3.33. The van der Waals surface area contributed by atoms with Crippen molar-refractivity contribution in [1.82, 2.24) is 0 Å². The third-order valence-electron chi connectivity index (χ3n) is 4.38. The molecule has 0 heterocycles. The summed E-state index contributed by atoms with van der Waals surface area (Å²) < 4.78 is 0. The monoisotopic (exact) mass is 262 g/mol. The van der Waals surface area contributed by atoms with Gasteiger partial charge in [0.25, 0.3) is 0 Å². The minimum absolute atomic E-state index is 0.449. The normalized spacial score (nSPS) is 32.4. The average molecular weight is 262 g/mol. The van der Waals surface area contributed by atoms with Gasteiger partial charge in [0.1, 0.15) is 0 Å². The molecule has 3 aliphatic carbocycles. The van der Waals surface area contributed by atoms with E-state index in [4.69, 9.17) is 0 Å². The lowest BCUT2D eigenvalue weighted by molar-refractivity contribution is 0.599. The molecule has 0 saturated heterocycles. The van der Waals surface area contributed by atoms with Gasteiger partial charge in [-0.15, -0.1) is 0 Å². The molecule has 0 aromatic carbocycles. The van der Waals surface area contributed by atoms with Gasteiger partial charge in [0, 0.05) is 17.8 Å². The first-order valence-electron chi connectivity index (χ1n) is 7.60. The zero-order chi connectivity index (χ0) is 13.9. The Morgan fingerprint density at radius 1 is 1.15 bits per heavy atom. The molecule has 3 atom stereocenters. The molecule has 4 bridgehead atoms. The van der Waals surface area contributed by atoms with Crippen molar-refractivity contribution in [3.8, 4) is 0 Å². The van der Waals surface area contributed by atoms with Gasteiger partial charge in [-0.2, -0.15) is 0 Å². The van der Waals surface area contributed by atoms with Crippen molar-refractivity contribution < 1.29 is 0 Å². The van der Waals surface area contributed by atoms with E-state index < -0.39 is 0 Å². The molecule has 0 N–H and O–H groups in total. The standard InChI is InChI=1S/C20H22/c1-3-4-8-15(2)17-13-14-18-16-9-6-5-7-10-19(17)20(18)12-11-16/h4,6-14,16,19-20H,2-3,5H2,1H3/b8-4-,9-6?,10-7-. The van der Waals surface area contributed by atoms with E-state index in [1.54, 1.807) is 0 Å². The largest absolute Gasteiger partial charge is 0.0915 e. The first-order chi connectivity index (χ1) is 9.81. The Kier molecular flexibility index (Phi) is 3.73. The summed E-state index contributed by atoms with van der Waals surface area (Å²) in [5.74, 6) is 1.47. The van der Waals surface area contributed by atoms with Crippen LogP contribution in [-0.2, 0) is 0 Å². The van der Waals surface area contributed by atoms with Crippen LogP contribution in [-0.4, -0.2) is 0 Å². The van der Waals surface area contributed by atoms with Gasteiger partial charge in [0.05, 0.1) is 0 Å². The Bertz CT molecular complexity index is 575. The molecule has 0 aliphatic heterocycles. The minimum Gasteiger partial charge on any atom is -0.0915 e. The lowest BCUT2D eigenvalue weighted by Crippen LogP contribution is -2.18. The van der Waals surface area contributed by atoms with Crippen molar-refractivity contribution in [2.45, 2.75) is 19.8 Å². The summed E-state index contributed by atoms with van der Waals surface area (Å²) in [6.07, 6.45) is 25.1. The van der Waals surface area contributed by atoms with Crippen molar-refractivity contribution in [2.24, 2.45) is 17.8 Å². The number of hydrogen-bond acceptors (Lipinski definition) is 0. The van der Waals surface area contributed by atoms with E-state index in [1.165, 1.54) is 11.1 Å². The highest BCUT2D eigenvalue weighted by Crippen LogP contribution is 2.44. The summed E-state index contributed by atoms with van der Waals surface area (Å²) in [6.45, 7) is 6.42. The summed E-state index contributed by atoms with van der Waals surface area (Å²) in [4.78, 5) is 0. The van der Waals surface area contributed by atoms with Gasteiger partial charge in [-0.25, -0.2) is 0 Å². The van der Waals surface area contributed by atoms with Gasteiger partial charge < -0.3 is 0 Å². The molecule has 0 aromatic rings. The highest BCUT2D eigenvalue weighted by atomic mass is 14.4. The predicted octanol–water partition coefficient (Wildman–Crippen LogP) is 5.31. The van der Waals surface area contributed by atoms with Crippen LogP contribution in [0.15, 0.2) is 84.1 Å². The quantitative estimate of drug-likeness (QED) is 0.477. The predicted molar refractivity (Wildman–Crippen MR) is 87.2 cm³/mol. The molecular weight excluding hydrogens is 240 g/mol. The van der Waals surface area contributed by atoms with Gasteiger partial charge >= 0.3 is 0 Å². The molecule has 0 amide bonds. The third-order valence-corrected chi connectivity index (χ3v) is 4.38. The van der Waals surface area contributed by atoms with Crippen LogP contribution in [0.4, 0.5) is 0 Å². The maximum absolute atomic E-state index is 4.27. The first-order valence-corrected chi connectivity index (χ1v) is 7.60. The van der Waals surface area contributed by atoms with Gasteiger partial charge in [0.2, 0.25) is 0 Å². The molecule has 0 saturated carbocycles. The summed E-state index contributed by atoms with van der Waals surface area (Å²) in [6, 6.07) is 0. The second kappa shape index (κ2) is 5.66. The van der Waals surface area contributed by atoms with E-state index in [2.05, 4.69) is 74.3 Å². The lowest BCUT2D eigenvalue weighted by Gasteiger charge is -2.29. The van der Waals surface area contributed by atoms with Crippen molar-refractivity contribution in [3.05, 3.63) is 84.1 Å². The van der Waals surface area contributed by atoms with Crippen molar-refractivity contribution in [3.63, 3.8) is 0 Å². The van der Waals surface area contributed by atoms with Crippen LogP contribution in [0.25, 0.3) is 0 Å². The van der Waals surface area contributed by atoms with E-state index in [1.807, 2.05) is 0 Å². The molecule has 20 heavy (non-hydrogen) atoms. The van der Waals surface area contributed by atoms with Gasteiger partial charge in [0.15, 0.2) is 0 Å². The summed E-state index contributed by atoms with van der Waals surface area (Å²) in [7, 11) is 0. The Morgan fingerprint density at radius 2 is 2.00 bits per heavy atom. The molecule has 102 valence electrons. The van der Waals surface area contributed by atoms with Crippen molar-refractivity contribution in [2.75, 3.05) is 0 Å². The molecule has 0 nitrogen and oxygen atoms in total. The topological polar surface area (TPSA) is 0 Å². The molecule has 0 aromatic heterocycles. The second-order valence-electron chi connectivity index (χ2n) is 5.68. The van der Waals surface area contributed by atoms with Crippen LogP contribution in [0.5, 0.6) is 0 Å². The van der Waals surface area contributed by atoms with E-state index in [-0.39, 0.29) is 0 Å². The van der Waals surface area contributed by atoms with E-state index in [0.717, 1.165) is 18.4 Å². The minimum atomic E-state index is 0.449. The zero-order valence-electron chi connectivity index (χ0n) is 12.1. The number of rotatable bonds is 3. The van der Waals surface area contributed by atoms with Gasteiger partial charge in [-0.3, -0.25) is 0 Å². The summed E-state index contributed by atoms with van der Waals surface area (Å²) in [5.41, 5.74) is 4.06. The maximum atomic E-state index is 4.27. The molecule has 0 heteroatoms. The van der Waals surface area contributed by atoms with Crippen molar-refractivity contribution in [1.29, 1.82) is 0 Å². The number of hydrogen-bond donors (Lipinski definition) is 0. The van der Waals surface area contributed by atoms with Crippen LogP contribution >= 0.6 is 0 Å². The third kappa shape index (κ3) is 2.31. The smallest absolute Gasteiger partial charge is 0.0167 e. The average Bonchev–Trinajstić information content (AvgIpc) is 2.89. The molecule has 0 radical (unpaired) electrons. The van der Waals surface area contributed by atoms with Crippen LogP contribution in [0.2, 0.25) is 0 Å². The number of allylic oxidation sites excluding steroid dienone is 13. The Balaban J connectivity index is 1.99. The zero-order valence-corrected chi connectivity index (χ0v) is 12.1. The Morgan fingerprint density at radius 3 is 2.85 bits per heavy atom. The Hall–Kier alpha value is -1.82. The summed E-state index contributed by atoms with van der Waals surface area (Å²) >= 11 is 0. The lowest BCUT2D eigenvalue weighted by atomic mass is 9.75. The second-order valence-corrected chi connectivity index (χ2v) is 5.68. The molecule has 0 spiro atoms. The fourth-order valence-corrected chi connectivity index (χ4v) is 3.33. The van der Waals surface area contributed by atoms with Gasteiger partial charge in [-0.1, -0.05) is 79.8 Å². The molecular formula is C20H22. The van der Waals surface area contributed by atoms with E-state index >= 15 is 0 Å². The fraction of sp³-hybridized carbons (Fsp3) is 0.300. The molecule has 3 rings (SSSR count). The first kappa shape index (κ1) is 13.2. The maximum Gasteiger partial charge on any atom is 0.0167 e. The molecule has 3 unspecified atom stereocenters. The van der Waals surface area contributed by atoms with E-state index in [0.29, 0.717) is 17.8 Å². The highest BCUT2D eigenvalue weighted by Gasteiger charge is 2.33. The summed E-state index contributed by atoms with van der Waals surface area (Å²) in [5, 5.41) is 0. The van der Waals surface area contributed by atoms with Gasteiger partial charge in [-0.05, 0) is 24.0 Å². The van der Waals surface area contributed by atoms with E-state index in [9.17, 15) is 0 Å². The van der Waals surface area contributed by atoms with Crippen molar-refractivity contribution >= 4 is 0 Å². The van der Waals surface area contributed by atoms with Crippen LogP contribution in [0.1, 0.15) is 19.8 Å². The van der Waals surface area contributed by atoms with Crippen LogP contribution < -0.4 is 0 Å². The SMILES string of the molecule is C=C(/C=C\CC)C1=CC=C2C3C=CC/C=C\C1C2C=C3.